The van der Waals surface area contributed by atoms with Crippen LogP contribution in [0, 0.1) is 5.92 Å². The maximum Gasteiger partial charge on any atom is 0.406 e. The highest BCUT2D eigenvalue weighted by Gasteiger charge is 2.36. The van der Waals surface area contributed by atoms with E-state index < -0.39 is 24.7 Å². The Balaban J connectivity index is 2.64. The van der Waals surface area contributed by atoms with Crippen LogP contribution in [0.5, 0.6) is 0 Å². The molecule has 0 aromatic rings. The number of nitrogens with zero attached hydrogens (tertiary/aromatic N) is 1. The van der Waals surface area contributed by atoms with Crippen LogP contribution in [-0.4, -0.2) is 42.7 Å². The van der Waals surface area contributed by atoms with Crippen LogP contribution in [0.2, 0.25) is 0 Å². The Morgan fingerprint density at radius 3 is 2.63 bits per heavy atom. The van der Waals surface area contributed by atoms with Crippen LogP contribution in [0.1, 0.15) is 39.5 Å². The maximum absolute atomic E-state index is 12.5. The van der Waals surface area contributed by atoms with E-state index in [0.29, 0.717) is 25.3 Å². The van der Waals surface area contributed by atoms with E-state index in [4.69, 9.17) is 0 Å². The summed E-state index contributed by atoms with van der Waals surface area (Å²) in [7, 11) is 0. The van der Waals surface area contributed by atoms with E-state index >= 15 is 0 Å². The third kappa shape index (κ3) is 5.80. The smallest absolute Gasteiger partial charge is 0.332 e. The lowest BCUT2D eigenvalue weighted by Crippen LogP contribution is -2.52. The average molecular weight is 280 g/mol. The van der Waals surface area contributed by atoms with E-state index in [1.165, 1.54) is 0 Å². The van der Waals surface area contributed by atoms with Gasteiger partial charge in [-0.25, -0.2) is 0 Å². The third-order valence-electron chi connectivity index (χ3n) is 3.43. The van der Waals surface area contributed by atoms with Crippen molar-refractivity contribution in [2.24, 2.45) is 5.92 Å². The number of amides is 1. The van der Waals surface area contributed by atoms with Crippen molar-refractivity contribution in [3.63, 3.8) is 0 Å². The molecule has 0 aromatic carbocycles. The molecule has 112 valence electrons. The number of nitrogens with one attached hydrogen (secondary N) is 1. The maximum atomic E-state index is 12.5. The van der Waals surface area contributed by atoms with Crippen molar-refractivity contribution < 1.29 is 18.0 Å². The van der Waals surface area contributed by atoms with Gasteiger partial charge in [-0.1, -0.05) is 20.3 Å². The van der Waals surface area contributed by atoms with Crippen LogP contribution in [0.3, 0.4) is 0 Å². The Labute approximate surface area is 112 Å². The van der Waals surface area contributed by atoms with Crippen LogP contribution in [0.15, 0.2) is 0 Å². The van der Waals surface area contributed by atoms with Gasteiger partial charge in [-0.3, -0.25) is 4.79 Å². The summed E-state index contributed by atoms with van der Waals surface area (Å²) in [5.41, 5.74) is 0. The van der Waals surface area contributed by atoms with Crippen molar-refractivity contribution in [3.8, 4) is 0 Å². The van der Waals surface area contributed by atoms with Crippen molar-refractivity contribution in [1.82, 2.24) is 10.2 Å². The number of halogens is 3. The fraction of sp³-hybridized carbons (Fsp3) is 0.923. The Kier molecular flexibility index (Phi) is 6.10. The van der Waals surface area contributed by atoms with Crippen LogP contribution >= 0.6 is 0 Å². The molecule has 6 heteroatoms. The Morgan fingerprint density at radius 2 is 2.11 bits per heavy atom. The van der Waals surface area contributed by atoms with E-state index in [2.05, 4.69) is 5.32 Å². The lowest BCUT2D eigenvalue weighted by molar-refractivity contribution is -0.163. The van der Waals surface area contributed by atoms with Crippen LogP contribution < -0.4 is 5.32 Å². The molecule has 1 heterocycles. The molecule has 1 saturated heterocycles. The molecular weight excluding hydrogens is 257 g/mol. The molecule has 1 aliphatic rings. The Hall–Kier alpha value is -0.780. The second kappa shape index (κ2) is 7.12. The zero-order valence-electron chi connectivity index (χ0n) is 11.6. The topological polar surface area (TPSA) is 32.3 Å². The van der Waals surface area contributed by atoms with Crippen LogP contribution in [0.4, 0.5) is 13.2 Å². The molecule has 3 nitrogen and oxygen atoms in total. The summed E-state index contributed by atoms with van der Waals surface area (Å²) in [4.78, 5) is 13.1. The van der Waals surface area contributed by atoms with E-state index in [9.17, 15) is 18.0 Å². The fourth-order valence-corrected chi connectivity index (χ4v) is 2.35. The van der Waals surface area contributed by atoms with Gasteiger partial charge in [0.25, 0.3) is 0 Å². The number of unbranched alkanes of at least 4 members (excludes halogenated alkanes) is 1. The fourth-order valence-electron chi connectivity index (χ4n) is 2.35. The van der Waals surface area contributed by atoms with Gasteiger partial charge in [0.1, 0.15) is 6.54 Å². The number of carbonyl (C=O) groups excluding carboxylic acids is 1. The molecule has 2 unspecified atom stereocenters. The van der Waals surface area contributed by atoms with Crippen LogP contribution in [0.25, 0.3) is 0 Å². The summed E-state index contributed by atoms with van der Waals surface area (Å²) in [5, 5.41) is 3.03. The van der Waals surface area contributed by atoms with Gasteiger partial charge in [0.15, 0.2) is 0 Å². The first-order chi connectivity index (χ1) is 8.83. The van der Waals surface area contributed by atoms with Gasteiger partial charge in [0, 0.05) is 6.54 Å². The molecule has 1 N–H and O–H groups in total. The minimum atomic E-state index is -4.33. The van der Waals surface area contributed by atoms with Crippen LogP contribution in [-0.2, 0) is 4.79 Å². The molecule has 0 spiro atoms. The Morgan fingerprint density at radius 1 is 1.42 bits per heavy atom. The summed E-state index contributed by atoms with van der Waals surface area (Å²) in [5.74, 6) is -0.0218. The molecule has 0 saturated carbocycles. The zero-order valence-corrected chi connectivity index (χ0v) is 11.6. The van der Waals surface area contributed by atoms with Gasteiger partial charge in [-0.2, -0.15) is 13.2 Å². The number of piperidine rings is 1. The Bertz CT molecular complexity index is 294. The summed E-state index contributed by atoms with van der Waals surface area (Å²) >= 11 is 0. The second-order valence-electron chi connectivity index (χ2n) is 5.36. The van der Waals surface area contributed by atoms with E-state index in [1.54, 1.807) is 0 Å². The normalized spacial score (nSPS) is 24.3. The number of hydrogen-bond donors (Lipinski definition) is 1. The summed E-state index contributed by atoms with van der Waals surface area (Å²) in [6, 6.07) is -0.456. The highest BCUT2D eigenvalue weighted by atomic mass is 19.4. The van der Waals surface area contributed by atoms with Gasteiger partial charge < -0.3 is 10.2 Å². The monoisotopic (exact) mass is 280 g/mol. The number of hydrogen-bond acceptors (Lipinski definition) is 2. The third-order valence-corrected chi connectivity index (χ3v) is 3.43. The van der Waals surface area contributed by atoms with Gasteiger partial charge in [0.2, 0.25) is 5.91 Å². The van der Waals surface area contributed by atoms with Crippen molar-refractivity contribution in [2.45, 2.75) is 51.7 Å². The van der Waals surface area contributed by atoms with E-state index in [0.717, 1.165) is 17.7 Å². The summed E-state index contributed by atoms with van der Waals surface area (Å²) in [6.07, 6.45) is -1.36. The molecule has 1 amide bonds. The average Bonchev–Trinajstić information content (AvgIpc) is 2.32. The number of alkyl halides is 3. The standard InChI is InChI=1S/C13H23F3N2O/c1-3-4-7-18(9-13(14,15)16)12(19)11-8-10(2)5-6-17-11/h10-11,17H,3-9H2,1-2H3. The van der Waals surface area contributed by atoms with Gasteiger partial charge >= 0.3 is 6.18 Å². The van der Waals surface area contributed by atoms with Crippen molar-refractivity contribution >= 4 is 5.91 Å². The minimum Gasteiger partial charge on any atom is -0.332 e. The van der Waals surface area contributed by atoms with E-state index in [1.807, 2.05) is 13.8 Å². The van der Waals surface area contributed by atoms with Gasteiger partial charge in [-0.05, 0) is 31.7 Å². The first-order valence-electron chi connectivity index (χ1n) is 6.92. The molecule has 2 atom stereocenters. The van der Waals surface area contributed by atoms with Gasteiger partial charge in [-0.15, -0.1) is 0 Å². The van der Waals surface area contributed by atoms with Crippen molar-refractivity contribution in [2.75, 3.05) is 19.6 Å². The van der Waals surface area contributed by atoms with Crippen molar-refractivity contribution in [3.05, 3.63) is 0 Å². The summed E-state index contributed by atoms with van der Waals surface area (Å²) in [6.45, 7) is 3.67. The first kappa shape index (κ1) is 16.3. The molecule has 1 rings (SSSR count). The van der Waals surface area contributed by atoms with Crippen molar-refractivity contribution in [1.29, 1.82) is 0 Å². The highest BCUT2D eigenvalue weighted by molar-refractivity contribution is 5.82. The molecule has 0 aromatic heterocycles. The molecular formula is C13H23F3N2O. The SMILES string of the molecule is CCCCN(CC(F)(F)F)C(=O)C1CC(C)CCN1. The predicted octanol–water partition coefficient (Wildman–Crippen LogP) is 2.57. The summed E-state index contributed by atoms with van der Waals surface area (Å²) < 4.78 is 37.6. The highest BCUT2D eigenvalue weighted by Crippen LogP contribution is 2.21. The molecule has 19 heavy (non-hydrogen) atoms. The molecule has 0 aliphatic carbocycles. The first-order valence-corrected chi connectivity index (χ1v) is 6.92. The number of rotatable bonds is 5. The largest absolute Gasteiger partial charge is 0.406 e. The lowest BCUT2D eigenvalue weighted by Gasteiger charge is -2.32. The molecule has 0 radical (unpaired) electrons. The quantitative estimate of drug-likeness (QED) is 0.839. The lowest BCUT2D eigenvalue weighted by atomic mass is 9.93. The minimum absolute atomic E-state index is 0.182. The molecule has 1 fully saturated rings. The zero-order chi connectivity index (χ0) is 14.5. The number of carbonyl (C=O) groups is 1. The van der Waals surface area contributed by atoms with Gasteiger partial charge in [0.05, 0.1) is 6.04 Å². The molecule has 1 aliphatic heterocycles. The van der Waals surface area contributed by atoms with E-state index in [-0.39, 0.29) is 6.54 Å². The predicted molar refractivity (Wildman–Crippen MR) is 67.7 cm³/mol. The second-order valence-corrected chi connectivity index (χ2v) is 5.36. The molecule has 0 bridgehead atoms.